The van der Waals surface area contributed by atoms with Crippen LogP contribution in [-0.2, 0) is 16.1 Å². The van der Waals surface area contributed by atoms with Crippen molar-refractivity contribution in [1.29, 1.82) is 0 Å². The fourth-order valence-electron chi connectivity index (χ4n) is 2.81. The number of para-hydroxylation sites is 1. The molecule has 0 aromatic heterocycles. The predicted molar refractivity (Wildman–Crippen MR) is 117 cm³/mol. The molecule has 158 valence electrons. The van der Waals surface area contributed by atoms with Crippen LogP contribution in [0.3, 0.4) is 0 Å². The second-order valence-corrected chi connectivity index (χ2v) is 6.94. The van der Waals surface area contributed by atoms with E-state index in [1.54, 1.807) is 48.5 Å². The molecular formula is C25H23NO5. The van der Waals surface area contributed by atoms with Gasteiger partial charge in [0.25, 0.3) is 5.91 Å². The Kier molecular flexibility index (Phi) is 7.17. The summed E-state index contributed by atoms with van der Waals surface area (Å²) in [5.74, 6) is -0.818. The van der Waals surface area contributed by atoms with Crippen molar-refractivity contribution in [2.45, 2.75) is 26.6 Å². The molecule has 3 rings (SSSR count). The first-order valence-electron chi connectivity index (χ1n) is 9.82. The first kappa shape index (κ1) is 21.8. The molecule has 0 fully saturated rings. The number of rotatable bonds is 8. The Hall–Kier alpha value is -3.93. The zero-order chi connectivity index (χ0) is 22.2. The van der Waals surface area contributed by atoms with E-state index in [4.69, 9.17) is 9.47 Å². The van der Waals surface area contributed by atoms with E-state index in [0.29, 0.717) is 23.6 Å². The standard InChI is InChI=1S/C25H23NO5/c1-17(27)20-12-14-21(15-13-20)26-24(28)18(2)31-25(29)22-10-6-7-11-23(22)30-16-19-8-4-3-5-9-19/h3-15,18H,16H2,1-2H3,(H,26,28)/t18-/m0/s1. The van der Waals surface area contributed by atoms with Gasteiger partial charge in [-0.2, -0.15) is 0 Å². The lowest BCUT2D eigenvalue weighted by Crippen LogP contribution is -2.30. The maximum absolute atomic E-state index is 12.6. The zero-order valence-electron chi connectivity index (χ0n) is 17.3. The number of esters is 1. The number of hydrogen-bond donors (Lipinski definition) is 1. The SMILES string of the molecule is CC(=O)c1ccc(NC(=O)[C@H](C)OC(=O)c2ccccc2OCc2ccccc2)cc1. The molecule has 0 aliphatic carbocycles. The van der Waals surface area contributed by atoms with Gasteiger partial charge in [-0.25, -0.2) is 4.79 Å². The summed E-state index contributed by atoms with van der Waals surface area (Å²) in [5.41, 5.74) is 2.26. The van der Waals surface area contributed by atoms with Crippen LogP contribution in [0.2, 0.25) is 0 Å². The molecule has 0 saturated carbocycles. The van der Waals surface area contributed by atoms with Gasteiger partial charge in [-0.1, -0.05) is 42.5 Å². The number of nitrogens with one attached hydrogen (secondary N) is 1. The number of amides is 1. The van der Waals surface area contributed by atoms with Crippen molar-refractivity contribution in [3.8, 4) is 5.75 Å². The summed E-state index contributed by atoms with van der Waals surface area (Å²) in [6.45, 7) is 3.26. The normalized spacial score (nSPS) is 11.3. The Morgan fingerprint density at radius 1 is 0.871 bits per heavy atom. The van der Waals surface area contributed by atoms with Crippen molar-refractivity contribution < 1.29 is 23.9 Å². The van der Waals surface area contributed by atoms with E-state index in [1.807, 2.05) is 30.3 Å². The largest absolute Gasteiger partial charge is 0.488 e. The average molecular weight is 417 g/mol. The first-order chi connectivity index (χ1) is 14.9. The Labute approximate surface area is 180 Å². The topological polar surface area (TPSA) is 81.7 Å². The molecular weight excluding hydrogens is 394 g/mol. The molecule has 6 heteroatoms. The van der Waals surface area contributed by atoms with E-state index in [2.05, 4.69) is 5.32 Å². The molecule has 6 nitrogen and oxygen atoms in total. The minimum atomic E-state index is -1.03. The Morgan fingerprint density at radius 3 is 2.19 bits per heavy atom. The van der Waals surface area contributed by atoms with Gasteiger partial charge in [0.1, 0.15) is 17.9 Å². The highest BCUT2D eigenvalue weighted by Gasteiger charge is 2.21. The lowest BCUT2D eigenvalue weighted by atomic mass is 10.1. The fraction of sp³-hybridized carbons (Fsp3) is 0.160. The summed E-state index contributed by atoms with van der Waals surface area (Å²) in [6, 6.07) is 22.8. The van der Waals surface area contributed by atoms with Gasteiger partial charge < -0.3 is 14.8 Å². The summed E-state index contributed by atoms with van der Waals surface area (Å²) >= 11 is 0. The van der Waals surface area contributed by atoms with E-state index >= 15 is 0 Å². The van der Waals surface area contributed by atoms with E-state index in [-0.39, 0.29) is 11.3 Å². The van der Waals surface area contributed by atoms with Gasteiger partial charge in [-0.15, -0.1) is 0 Å². The molecule has 3 aromatic carbocycles. The van der Waals surface area contributed by atoms with Crippen molar-refractivity contribution in [2.24, 2.45) is 0 Å². The van der Waals surface area contributed by atoms with Crippen LogP contribution in [0.5, 0.6) is 5.75 Å². The number of hydrogen-bond acceptors (Lipinski definition) is 5. The van der Waals surface area contributed by atoms with Crippen molar-refractivity contribution in [1.82, 2.24) is 0 Å². The molecule has 0 aliphatic heterocycles. The van der Waals surface area contributed by atoms with Crippen molar-refractivity contribution in [2.75, 3.05) is 5.32 Å². The van der Waals surface area contributed by atoms with Gasteiger partial charge in [-0.3, -0.25) is 9.59 Å². The van der Waals surface area contributed by atoms with Crippen LogP contribution in [0.25, 0.3) is 0 Å². The van der Waals surface area contributed by atoms with Gasteiger partial charge in [0.15, 0.2) is 11.9 Å². The van der Waals surface area contributed by atoms with Crippen LogP contribution in [0, 0.1) is 0 Å². The lowest BCUT2D eigenvalue weighted by Gasteiger charge is -2.15. The predicted octanol–water partition coefficient (Wildman–Crippen LogP) is 4.65. The highest BCUT2D eigenvalue weighted by Crippen LogP contribution is 2.21. The van der Waals surface area contributed by atoms with Crippen LogP contribution in [0.4, 0.5) is 5.69 Å². The molecule has 0 unspecified atom stereocenters. The van der Waals surface area contributed by atoms with Crippen LogP contribution in [0.15, 0.2) is 78.9 Å². The molecule has 0 heterocycles. The van der Waals surface area contributed by atoms with Gasteiger partial charge in [-0.05, 0) is 55.8 Å². The van der Waals surface area contributed by atoms with Crippen molar-refractivity contribution >= 4 is 23.3 Å². The van der Waals surface area contributed by atoms with Gasteiger partial charge in [0.2, 0.25) is 0 Å². The molecule has 31 heavy (non-hydrogen) atoms. The number of anilines is 1. The summed E-state index contributed by atoms with van der Waals surface area (Å²) in [7, 11) is 0. The highest BCUT2D eigenvalue weighted by molar-refractivity contribution is 5.99. The maximum Gasteiger partial charge on any atom is 0.342 e. The third kappa shape index (κ3) is 6.02. The molecule has 1 N–H and O–H groups in total. The minimum absolute atomic E-state index is 0.0617. The summed E-state index contributed by atoms with van der Waals surface area (Å²) in [4.78, 5) is 36.4. The molecule has 1 amide bonds. The summed E-state index contributed by atoms with van der Waals surface area (Å²) in [6.07, 6.45) is -1.03. The van der Waals surface area contributed by atoms with Crippen molar-refractivity contribution in [3.63, 3.8) is 0 Å². The Morgan fingerprint density at radius 2 is 1.52 bits per heavy atom. The van der Waals surface area contributed by atoms with Crippen LogP contribution < -0.4 is 10.1 Å². The number of Topliss-reactive ketones (excluding diaryl/α,β-unsaturated/α-hetero) is 1. The second kappa shape index (κ2) is 10.2. The molecule has 1 atom stereocenters. The Balaban J connectivity index is 1.61. The summed E-state index contributed by atoms with van der Waals surface area (Å²) < 4.78 is 11.1. The van der Waals surface area contributed by atoms with E-state index in [0.717, 1.165) is 5.56 Å². The summed E-state index contributed by atoms with van der Waals surface area (Å²) in [5, 5.41) is 2.67. The van der Waals surface area contributed by atoms with E-state index < -0.39 is 18.0 Å². The first-order valence-corrected chi connectivity index (χ1v) is 9.82. The van der Waals surface area contributed by atoms with Crippen LogP contribution >= 0.6 is 0 Å². The zero-order valence-corrected chi connectivity index (χ0v) is 17.3. The maximum atomic E-state index is 12.6. The molecule has 0 aliphatic rings. The minimum Gasteiger partial charge on any atom is -0.488 e. The third-order valence-electron chi connectivity index (χ3n) is 4.56. The molecule has 0 radical (unpaired) electrons. The van der Waals surface area contributed by atoms with Gasteiger partial charge >= 0.3 is 5.97 Å². The number of carbonyl (C=O) groups excluding carboxylic acids is 3. The van der Waals surface area contributed by atoms with Crippen LogP contribution in [0.1, 0.15) is 40.1 Å². The monoisotopic (exact) mass is 417 g/mol. The molecule has 0 spiro atoms. The molecule has 3 aromatic rings. The van der Waals surface area contributed by atoms with Gasteiger partial charge in [0, 0.05) is 11.3 Å². The smallest absolute Gasteiger partial charge is 0.342 e. The average Bonchev–Trinajstić information content (AvgIpc) is 2.78. The van der Waals surface area contributed by atoms with E-state index in [1.165, 1.54) is 13.8 Å². The lowest BCUT2D eigenvalue weighted by molar-refractivity contribution is -0.123. The quantitative estimate of drug-likeness (QED) is 0.426. The third-order valence-corrected chi connectivity index (χ3v) is 4.56. The van der Waals surface area contributed by atoms with E-state index in [9.17, 15) is 14.4 Å². The number of benzene rings is 3. The second-order valence-electron chi connectivity index (χ2n) is 6.94. The molecule has 0 bridgehead atoms. The van der Waals surface area contributed by atoms with Crippen molar-refractivity contribution in [3.05, 3.63) is 95.6 Å². The number of carbonyl (C=O) groups is 3. The highest BCUT2D eigenvalue weighted by atomic mass is 16.5. The van der Waals surface area contributed by atoms with Crippen LogP contribution in [-0.4, -0.2) is 23.8 Å². The molecule has 0 saturated heterocycles. The number of ether oxygens (including phenoxy) is 2. The number of ketones is 1. The Bertz CT molecular complexity index is 1060. The fourth-order valence-corrected chi connectivity index (χ4v) is 2.81. The van der Waals surface area contributed by atoms with Gasteiger partial charge in [0.05, 0.1) is 0 Å².